The maximum atomic E-state index is 13.4. The SMILES string of the molecule is CCn1c(C)c(-c2cccnc2)c(=O)c(C(=O)OC)c1-c1ccc(Cl)c(Cl)c1. The summed E-state index contributed by atoms with van der Waals surface area (Å²) in [6.45, 7) is 4.31. The fraction of sp³-hybridized carbons (Fsp3) is 0.190. The molecule has 0 amide bonds. The van der Waals surface area contributed by atoms with Gasteiger partial charge in [0.25, 0.3) is 0 Å². The van der Waals surface area contributed by atoms with E-state index in [1.165, 1.54) is 7.11 Å². The Balaban J connectivity index is 2.47. The first-order valence-electron chi connectivity index (χ1n) is 8.62. The lowest BCUT2D eigenvalue weighted by molar-refractivity contribution is 0.0599. The molecular weight excluding hydrogens is 399 g/mol. The first-order chi connectivity index (χ1) is 13.4. The molecule has 0 aliphatic rings. The summed E-state index contributed by atoms with van der Waals surface area (Å²) in [5, 5.41) is 0.721. The number of benzene rings is 1. The van der Waals surface area contributed by atoms with Crippen LogP contribution in [0.1, 0.15) is 23.0 Å². The van der Waals surface area contributed by atoms with Gasteiger partial charge in [0, 0.05) is 35.8 Å². The Hall–Kier alpha value is -2.63. The number of esters is 1. The first kappa shape index (κ1) is 20.1. The highest BCUT2D eigenvalue weighted by molar-refractivity contribution is 6.42. The largest absolute Gasteiger partial charge is 0.465 e. The Bertz CT molecular complexity index is 1110. The summed E-state index contributed by atoms with van der Waals surface area (Å²) in [6, 6.07) is 8.53. The Labute approximate surface area is 172 Å². The second-order valence-electron chi connectivity index (χ2n) is 6.12. The van der Waals surface area contributed by atoms with Crippen LogP contribution in [0, 0.1) is 6.92 Å². The molecule has 144 valence electrons. The van der Waals surface area contributed by atoms with Crippen molar-refractivity contribution in [1.82, 2.24) is 9.55 Å². The molecular formula is C21H18Cl2N2O3. The highest BCUT2D eigenvalue weighted by Gasteiger charge is 2.26. The van der Waals surface area contributed by atoms with Gasteiger partial charge in [0.15, 0.2) is 0 Å². The number of rotatable bonds is 4. The molecule has 1 aromatic carbocycles. The van der Waals surface area contributed by atoms with E-state index in [9.17, 15) is 9.59 Å². The quantitative estimate of drug-likeness (QED) is 0.561. The molecule has 3 rings (SSSR count). The van der Waals surface area contributed by atoms with Gasteiger partial charge in [-0.2, -0.15) is 0 Å². The molecule has 2 aromatic heterocycles. The average molecular weight is 417 g/mol. The van der Waals surface area contributed by atoms with Crippen LogP contribution < -0.4 is 5.43 Å². The first-order valence-corrected chi connectivity index (χ1v) is 9.37. The lowest BCUT2D eigenvalue weighted by Crippen LogP contribution is -2.26. The Morgan fingerprint density at radius 2 is 1.93 bits per heavy atom. The van der Waals surface area contributed by atoms with E-state index < -0.39 is 11.4 Å². The van der Waals surface area contributed by atoms with E-state index in [1.807, 2.05) is 18.4 Å². The van der Waals surface area contributed by atoms with Gasteiger partial charge in [0.05, 0.1) is 28.4 Å². The minimum atomic E-state index is -0.710. The molecule has 0 unspecified atom stereocenters. The number of halogens is 2. The Kier molecular flexibility index (Phi) is 5.87. The molecule has 5 nitrogen and oxygen atoms in total. The highest BCUT2D eigenvalue weighted by Crippen LogP contribution is 2.33. The summed E-state index contributed by atoms with van der Waals surface area (Å²) in [7, 11) is 1.25. The predicted molar refractivity (Wildman–Crippen MR) is 111 cm³/mol. The molecule has 28 heavy (non-hydrogen) atoms. The highest BCUT2D eigenvalue weighted by atomic mass is 35.5. The zero-order valence-electron chi connectivity index (χ0n) is 15.6. The third-order valence-electron chi connectivity index (χ3n) is 4.58. The van der Waals surface area contributed by atoms with E-state index in [4.69, 9.17) is 27.9 Å². The van der Waals surface area contributed by atoms with Crippen molar-refractivity contribution >= 4 is 29.2 Å². The molecule has 0 aliphatic carbocycles. The third-order valence-corrected chi connectivity index (χ3v) is 5.32. The van der Waals surface area contributed by atoms with Crippen molar-refractivity contribution in [2.75, 3.05) is 7.11 Å². The number of hydrogen-bond donors (Lipinski definition) is 0. The fourth-order valence-corrected chi connectivity index (χ4v) is 3.61. The van der Waals surface area contributed by atoms with Gasteiger partial charge in [0.1, 0.15) is 5.56 Å². The van der Waals surface area contributed by atoms with Crippen molar-refractivity contribution in [3.8, 4) is 22.4 Å². The Morgan fingerprint density at radius 1 is 1.18 bits per heavy atom. The van der Waals surface area contributed by atoms with E-state index in [0.717, 1.165) is 0 Å². The van der Waals surface area contributed by atoms with Gasteiger partial charge >= 0.3 is 5.97 Å². The monoisotopic (exact) mass is 416 g/mol. The van der Waals surface area contributed by atoms with Crippen LogP contribution in [-0.2, 0) is 11.3 Å². The van der Waals surface area contributed by atoms with Gasteiger partial charge in [-0.15, -0.1) is 0 Å². The molecule has 0 atom stereocenters. The van der Waals surface area contributed by atoms with Gasteiger partial charge in [0.2, 0.25) is 5.43 Å². The summed E-state index contributed by atoms with van der Waals surface area (Å²) >= 11 is 12.2. The van der Waals surface area contributed by atoms with Crippen LogP contribution in [0.5, 0.6) is 0 Å². The van der Waals surface area contributed by atoms with Gasteiger partial charge in [-0.05, 0) is 32.0 Å². The Morgan fingerprint density at radius 3 is 2.50 bits per heavy atom. The summed E-state index contributed by atoms with van der Waals surface area (Å²) in [4.78, 5) is 30.1. The second-order valence-corrected chi connectivity index (χ2v) is 6.93. The van der Waals surface area contributed by atoms with Crippen molar-refractivity contribution in [2.24, 2.45) is 0 Å². The van der Waals surface area contributed by atoms with Gasteiger partial charge in [-0.1, -0.05) is 35.3 Å². The van der Waals surface area contributed by atoms with Crippen molar-refractivity contribution < 1.29 is 9.53 Å². The number of aromatic nitrogens is 2. The summed E-state index contributed by atoms with van der Waals surface area (Å²) in [5.41, 5.74) is 2.36. The van der Waals surface area contributed by atoms with Crippen LogP contribution in [0.15, 0.2) is 47.5 Å². The molecule has 3 aromatic rings. The minimum absolute atomic E-state index is 0.0489. The van der Waals surface area contributed by atoms with Crippen LogP contribution in [0.4, 0.5) is 0 Å². The number of methoxy groups -OCH3 is 1. The zero-order valence-corrected chi connectivity index (χ0v) is 17.1. The van der Waals surface area contributed by atoms with E-state index >= 15 is 0 Å². The van der Waals surface area contributed by atoms with Crippen LogP contribution in [0.2, 0.25) is 10.0 Å². The fourth-order valence-electron chi connectivity index (χ4n) is 3.32. The number of hydrogen-bond acceptors (Lipinski definition) is 4. The average Bonchev–Trinajstić information content (AvgIpc) is 2.70. The molecule has 0 spiro atoms. The summed E-state index contributed by atoms with van der Waals surface area (Å²) in [6.07, 6.45) is 3.23. The van der Waals surface area contributed by atoms with Crippen molar-refractivity contribution in [3.63, 3.8) is 0 Å². The van der Waals surface area contributed by atoms with E-state index in [2.05, 4.69) is 4.98 Å². The number of nitrogens with zero attached hydrogens (tertiary/aromatic N) is 2. The molecule has 0 N–H and O–H groups in total. The topological polar surface area (TPSA) is 61.2 Å². The number of ether oxygens (including phenoxy) is 1. The van der Waals surface area contributed by atoms with E-state index in [0.29, 0.717) is 44.7 Å². The maximum Gasteiger partial charge on any atom is 0.344 e. The zero-order chi connectivity index (χ0) is 20.4. The lowest BCUT2D eigenvalue weighted by Gasteiger charge is -2.21. The maximum absolute atomic E-state index is 13.4. The van der Waals surface area contributed by atoms with Gasteiger partial charge in [-0.25, -0.2) is 4.79 Å². The molecule has 0 radical (unpaired) electrons. The van der Waals surface area contributed by atoms with Gasteiger partial charge in [-0.3, -0.25) is 9.78 Å². The normalized spacial score (nSPS) is 10.8. The predicted octanol–water partition coefficient (Wildman–Crippen LogP) is 5.00. The third kappa shape index (κ3) is 3.43. The molecule has 0 bridgehead atoms. The molecule has 0 fully saturated rings. The van der Waals surface area contributed by atoms with Crippen molar-refractivity contribution in [2.45, 2.75) is 20.4 Å². The smallest absolute Gasteiger partial charge is 0.344 e. The van der Waals surface area contributed by atoms with Gasteiger partial charge < -0.3 is 9.30 Å². The second kappa shape index (κ2) is 8.17. The van der Waals surface area contributed by atoms with Crippen LogP contribution in [0.3, 0.4) is 0 Å². The molecule has 0 saturated heterocycles. The minimum Gasteiger partial charge on any atom is -0.465 e. The van der Waals surface area contributed by atoms with Crippen LogP contribution in [-0.4, -0.2) is 22.6 Å². The molecule has 7 heteroatoms. The summed E-state index contributed by atoms with van der Waals surface area (Å²) < 4.78 is 6.83. The van der Waals surface area contributed by atoms with E-state index in [1.54, 1.807) is 42.7 Å². The number of carbonyl (C=O) groups is 1. The lowest BCUT2D eigenvalue weighted by atomic mass is 9.97. The molecule has 0 aliphatic heterocycles. The summed E-state index contributed by atoms with van der Waals surface area (Å²) in [5.74, 6) is -0.710. The van der Waals surface area contributed by atoms with Crippen LogP contribution in [0.25, 0.3) is 22.4 Å². The number of carbonyl (C=O) groups excluding carboxylic acids is 1. The standard InChI is InChI=1S/C21H18Cl2N2O3/c1-4-25-12(2)17(14-6-5-9-24-11-14)20(26)18(21(27)28-3)19(25)13-7-8-15(22)16(23)10-13/h5-11H,4H2,1-3H3. The molecule has 0 saturated carbocycles. The van der Waals surface area contributed by atoms with Crippen LogP contribution >= 0.6 is 23.2 Å². The number of pyridine rings is 2. The van der Waals surface area contributed by atoms with E-state index in [-0.39, 0.29) is 5.56 Å². The van der Waals surface area contributed by atoms with Crippen molar-refractivity contribution in [1.29, 1.82) is 0 Å². The van der Waals surface area contributed by atoms with Crippen molar-refractivity contribution in [3.05, 3.63) is 74.3 Å². The molecule has 2 heterocycles.